The minimum atomic E-state index is -0.375. The van der Waals surface area contributed by atoms with Crippen LogP contribution >= 0.6 is 15.9 Å². The van der Waals surface area contributed by atoms with Gasteiger partial charge in [0.15, 0.2) is 0 Å². The lowest BCUT2D eigenvalue weighted by Gasteiger charge is -2.16. The summed E-state index contributed by atoms with van der Waals surface area (Å²) in [5, 5.41) is 6.00. The predicted octanol–water partition coefficient (Wildman–Crippen LogP) is 3.51. The van der Waals surface area contributed by atoms with Crippen molar-refractivity contribution in [2.45, 2.75) is 32.2 Å². The number of amides is 1. The molecule has 0 radical (unpaired) electrons. The summed E-state index contributed by atoms with van der Waals surface area (Å²) >= 11 is 3.15. The highest BCUT2D eigenvalue weighted by Gasteiger charge is 2.21. The molecular weight excluding hydrogens is 287 g/mol. The molecule has 0 aromatic heterocycles. The summed E-state index contributed by atoms with van der Waals surface area (Å²) in [6.07, 6.45) is 2.34. The molecule has 1 aromatic rings. The largest absolute Gasteiger partial charge is 0.380 e. The zero-order chi connectivity index (χ0) is 12.4. The second kappa shape index (κ2) is 5.04. The van der Waals surface area contributed by atoms with Crippen molar-refractivity contribution >= 4 is 33.2 Å². The van der Waals surface area contributed by atoms with E-state index >= 15 is 0 Å². The van der Waals surface area contributed by atoms with Gasteiger partial charge in [-0.1, -0.05) is 13.3 Å². The van der Waals surface area contributed by atoms with Gasteiger partial charge in [-0.15, -0.1) is 0 Å². The van der Waals surface area contributed by atoms with E-state index in [2.05, 4.69) is 33.5 Å². The van der Waals surface area contributed by atoms with E-state index in [1.54, 1.807) is 6.07 Å². The van der Waals surface area contributed by atoms with E-state index in [0.717, 1.165) is 18.5 Å². The lowest BCUT2D eigenvalue weighted by atomic mass is 10.1. The minimum Gasteiger partial charge on any atom is -0.380 e. The molecule has 0 saturated heterocycles. The Bertz CT molecular complexity index is 450. The zero-order valence-corrected chi connectivity index (χ0v) is 11.1. The Labute approximate surface area is 108 Å². The molecule has 92 valence electrons. The standard InChI is InChI=1S/C12H14BrFN2O/c1-2-3-7-4-12(17)16-11-6-9(14)8(13)5-10(11)15-7/h5-7,15H,2-4H2,1H3,(H,16,17). The van der Waals surface area contributed by atoms with Crippen LogP contribution in [0, 0.1) is 5.82 Å². The van der Waals surface area contributed by atoms with Gasteiger partial charge in [0.25, 0.3) is 0 Å². The number of nitrogens with one attached hydrogen (secondary N) is 2. The first-order valence-corrected chi connectivity index (χ1v) is 6.45. The maximum Gasteiger partial charge on any atom is 0.226 e. The Morgan fingerprint density at radius 2 is 2.24 bits per heavy atom. The van der Waals surface area contributed by atoms with Crippen LogP contribution in [0.5, 0.6) is 0 Å². The maximum absolute atomic E-state index is 13.4. The third-order valence-electron chi connectivity index (χ3n) is 2.76. The fourth-order valence-electron chi connectivity index (χ4n) is 1.99. The third-order valence-corrected chi connectivity index (χ3v) is 3.37. The zero-order valence-electron chi connectivity index (χ0n) is 9.52. The summed E-state index contributed by atoms with van der Waals surface area (Å²) in [7, 11) is 0. The Balaban J connectivity index is 2.34. The summed E-state index contributed by atoms with van der Waals surface area (Å²) in [6.45, 7) is 2.08. The van der Waals surface area contributed by atoms with Crippen LogP contribution in [0.1, 0.15) is 26.2 Å². The molecule has 0 saturated carbocycles. The van der Waals surface area contributed by atoms with Crippen molar-refractivity contribution in [1.29, 1.82) is 0 Å². The van der Waals surface area contributed by atoms with Gasteiger partial charge in [0.2, 0.25) is 5.91 Å². The van der Waals surface area contributed by atoms with Crippen molar-refractivity contribution < 1.29 is 9.18 Å². The van der Waals surface area contributed by atoms with Crippen LogP contribution in [-0.2, 0) is 4.79 Å². The summed E-state index contributed by atoms with van der Waals surface area (Å²) in [4.78, 5) is 11.6. The van der Waals surface area contributed by atoms with E-state index in [0.29, 0.717) is 16.6 Å². The molecule has 1 aliphatic heterocycles. The molecule has 1 atom stereocenters. The van der Waals surface area contributed by atoms with Gasteiger partial charge >= 0.3 is 0 Å². The molecule has 0 spiro atoms. The number of hydrogen-bond acceptors (Lipinski definition) is 2. The van der Waals surface area contributed by atoms with Crippen LogP contribution in [0.25, 0.3) is 0 Å². The molecule has 3 nitrogen and oxygen atoms in total. The van der Waals surface area contributed by atoms with Gasteiger partial charge in [-0.2, -0.15) is 0 Å². The smallest absolute Gasteiger partial charge is 0.226 e. The lowest BCUT2D eigenvalue weighted by molar-refractivity contribution is -0.116. The average molecular weight is 301 g/mol. The third kappa shape index (κ3) is 2.77. The summed E-state index contributed by atoms with van der Waals surface area (Å²) in [5.74, 6) is -0.448. The Hall–Kier alpha value is -1.10. The van der Waals surface area contributed by atoms with Crippen LogP contribution in [-0.4, -0.2) is 11.9 Å². The molecule has 2 rings (SSSR count). The summed E-state index contributed by atoms with van der Waals surface area (Å²) < 4.78 is 13.8. The summed E-state index contributed by atoms with van der Waals surface area (Å²) in [5.41, 5.74) is 1.27. The van der Waals surface area contributed by atoms with Crippen LogP contribution in [0.3, 0.4) is 0 Å². The second-order valence-corrected chi connectivity index (χ2v) is 5.05. The molecule has 0 aliphatic carbocycles. The number of halogens is 2. The van der Waals surface area contributed by atoms with Gasteiger partial charge in [-0.25, -0.2) is 4.39 Å². The SMILES string of the molecule is CCCC1CC(=O)Nc2cc(F)c(Br)cc2N1. The highest BCUT2D eigenvalue weighted by molar-refractivity contribution is 9.10. The van der Waals surface area contributed by atoms with E-state index in [1.165, 1.54) is 6.07 Å². The number of rotatable bonds is 2. The Morgan fingerprint density at radius 1 is 1.47 bits per heavy atom. The average Bonchev–Trinajstić information content (AvgIpc) is 2.38. The van der Waals surface area contributed by atoms with E-state index in [4.69, 9.17) is 0 Å². The molecule has 1 heterocycles. The topological polar surface area (TPSA) is 41.1 Å². The monoisotopic (exact) mass is 300 g/mol. The van der Waals surface area contributed by atoms with Crippen molar-refractivity contribution in [2.24, 2.45) is 0 Å². The van der Waals surface area contributed by atoms with Crippen LogP contribution in [0.2, 0.25) is 0 Å². The molecule has 1 amide bonds. The molecule has 2 N–H and O–H groups in total. The minimum absolute atomic E-state index is 0.0728. The number of carbonyl (C=O) groups excluding carboxylic acids is 1. The van der Waals surface area contributed by atoms with Gasteiger partial charge in [0.1, 0.15) is 5.82 Å². The number of fused-ring (bicyclic) bond motifs is 1. The first-order valence-electron chi connectivity index (χ1n) is 5.65. The van der Waals surface area contributed by atoms with E-state index in [9.17, 15) is 9.18 Å². The molecule has 1 aromatic carbocycles. The fourth-order valence-corrected chi connectivity index (χ4v) is 2.33. The van der Waals surface area contributed by atoms with E-state index < -0.39 is 0 Å². The summed E-state index contributed by atoms with van der Waals surface area (Å²) in [6, 6.07) is 3.11. The van der Waals surface area contributed by atoms with Crippen molar-refractivity contribution in [2.75, 3.05) is 10.6 Å². The number of benzene rings is 1. The molecular formula is C12H14BrFN2O. The highest BCUT2D eigenvalue weighted by Crippen LogP contribution is 2.32. The first kappa shape index (κ1) is 12.4. The maximum atomic E-state index is 13.4. The molecule has 1 unspecified atom stereocenters. The lowest BCUT2D eigenvalue weighted by Crippen LogP contribution is -2.22. The number of carbonyl (C=O) groups is 1. The quantitative estimate of drug-likeness (QED) is 0.877. The van der Waals surface area contributed by atoms with Crippen molar-refractivity contribution in [1.82, 2.24) is 0 Å². The van der Waals surface area contributed by atoms with E-state index in [1.807, 2.05) is 0 Å². The van der Waals surface area contributed by atoms with Gasteiger partial charge in [0.05, 0.1) is 15.8 Å². The normalized spacial score (nSPS) is 19.0. The van der Waals surface area contributed by atoms with Gasteiger partial charge in [0, 0.05) is 18.5 Å². The molecule has 17 heavy (non-hydrogen) atoms. The van der Waals surface area contributed by atoms with Crippen LogP contribution < -0.4 is 10.6 Å². The first-order chi connectivity index (χ1) is 8.10. The highest BCUT2D eigenvalue weighted by atomic mass is 79.9. The fraction of sp³-hybridized carbons (Fsp3) is 0.417. The van der Waals surface area contributed by atoms with Gasteiger partial charge < -0.3 is 10.6 Å². The van der Waals surface area contributed by atoms with Crippen molar-refractivity contribution in [3.63, 3.8) is 0 Å². The van der Waals surface area contributed by atoms with Crippen LogP contribution in [0.15, 0.2) is 16.6 Å². The Kier molecular flexibility index (Phi) is 3.66. The van der Waals surface area contributed by atoms with Crippen molar-refractivity contribution in [3.05, 3.63) is 22.4 Å². The number of hydrogen-bond donors (Lipinski definition) is 2. The number of anilines is 2. The van der Waals surface area contributed by atoms with Gasteiger partial charge in [-0.3, -0.25) is 4.79 Å². The van der Waals surface area contributed by atoms with Gasteiger partial charge in [-0.05, 0) is 28.4 Å². The molecule has 0 bridgehead atoms. The van der Waals surface area contributed by atoms with Crippen LogP contribution in [0.4, 0.5) is 15.8 Å². The second-order valence-electron chi connectivity index (χ2n) is 4.19. The molecule has 5 heteroatoms. The Morgan fingerprint density at radius 3 is 2.94 bits per heavy atom. The van der Waals surface area contributed by atoms with E-state index in [-0.39, 0.29) is 17.8 Å². The predicted molar refractivity (Wildman–Crippen MR) is 69.7 cm³/mol. The molecule has 1 aliphatic rings. The molecule has 0 fully saturated rings. The van der Waals surface area contributed by atoms with Crippen molar-refractivity contribution in [3.8, 4) is 0 Å².